The molecule has 3 aromatic rings. The Morgan fingerprint density at radius 2 is 1.77 bits per heavy atom. The maximum Gasteiger partial charge on any atom is 0.309 e. The first-order valence-electron chi connectivity index (χ1n) is 18.4. The van der Waals surface area contributed by atoms with Crippen LogP contribution in [0.15, 0.2) is 36.7 Å². The number of benzene rings is 1. The van der Waals surface area contributed by atoms with Crippen molar-refractivity contribution in [1.29, 1.82) is 0 Å². The van der Waals surface area contributed by atoms with Crippen LogP contribution in [-0.4, -0.2) is 60.4 Å². The highest BCUT2D eigenvalue weighted by Gasteiger charge is 2.73. The normalized spacial score (nSPS) is 30.4. The Labute approximate surface area is 283 Å². The Morgan fingerprint density at radius 1 is 1.06 bits per heavy atom. The van der Waals surface area contributed by atoms with Gasteiger partial charge in [0.15, 0.2) is 0 Å². The summed E-state index contributed by atoms with van der Waals surface area (Å²) in [5.74, 6) is 1.13. The van der Waals surface area contributed by atoms with Crippen LogP contribution in [-0.2, 0) is 31.2 Å². The number of fused-ring (bicyclic) bond motifs is 3. The number of aliphatic carboxylic acids is 1. The van der Waals surface area contributed by atoms with Gasteiger partial charge < -0.3 is 15.7 Å². The van der Waals surface area contributed by atoms with Crippen molar-refractivity contribution in [3.05, 3.63) is 70.7 Å². The lowest BCUT2D eigenvalue weighted by Gasteiger charge is -2.71. The van der Waals surface area contributed by atoms with Gasteiger partial charge in [0.2, 0.25) is 0 Å². The molecule has 3 N–H and O–H groups in total. The van der Waals surface area contributed by atoms with E-state index in [2.05, 4.69) is 33.8 Å². The Morgan fingerprint density at radius 3 is 2.40 bits per heavy atom. The molecule has 48 heavy (non-hydrogen) atoms. The topological polar surface area (TPSA) is 108 Å². The molecule has 0 amide bonds. The molecule has 256 valence electrons. The molecule has 0 spiro atoms. The largest absolute Gasteiger partial charge is 0.481 e. The summed E-state index contributed by atoms with van der Waals surface area (Å²) >= 11 is 0. The third-order valence-corrected chi connectivity index (χ3v) is 12.8. The quantitative estimate of drug-likeness (QED) is 0.209. The van der Waals surface area contributed by atoms with Crippen LogP contribution in [0.25, 0.3) is 0 Å². The summed E-state index contributed by atoms with van der Waals surface area (Å²) in [6, 6.07) is 8.55. The molecular formula is C38H50FN7O2. The molecule has 1 aromatic carbocycles. The van der Waals surface area contributed by atoms with E-state index < -0.39 is 11.4 Å². The number of anilines is 1. The van der Waals surface area contributed by atoms with Crippen LogP contribution in [0.2, 0.25) is 0 Å². The second-order valence-electron chi connectivity index (χ2n) is 15.7. The van der Waals surface area contributed by atoms with E-state index in [1.807, 2.05) is 30.1 Å². The fourth-order valence-corrected chi connectivity index (χ4v) is 10.3. The lowest BCUT2D eigenvalue weighted by molar-refractivity contribution is -0.233. The van der Waals surface area contributed by atoms with Crippen LogP contribution in [0, 0.1) is 16.6 Å². The van der Waals surface area contributed by atoms with Gasteiger partial charge in [0.25, 0.3) is 0 Å². The van der Waals surface area contributed by atoms with E-state index >= 15 is 0 Å². The SMILES string of the molecule is CC[C@@H](NCc1nc2c(c(N[C@@H](CN3C4CCCC3CCC4)c3cnn(C)c3)n1)C[C@H](c1ccc(F)cc1)CC2)C12CC(C(=O)O)(C1)C2. The number of carboxylic acid groups (broad SMARTS) is 1. The summed E-state index contributed by atoms with van der Waals surface area (Å²) < 4.78 is 15.7. The molecule has 2 saturated heterocycles. The van der Waals surface area contributed by atoms with Gasteiger partial charge in [-0.25, -0.2) is 14.4 Å². The van der Waals surface area contributed by atoms with Gasteiger partial charge in [0, 0.05) is 54.7 Å². The second kappa shape index (κ2) is 12.5. The number of nitrogens with zero attached hydrogens (tertiary/aromatic N) is 5. The summed E-state index contributed by atoms with van der Waals surface area (Å²) in [5, 5.41) is 22.0. The van der Waals surface area contributed by atoms with Crippen molar-refractivity contribution < 1.29 is 14.3 Å². The Bertz CT molecular complexity index is 1620. The molecule has 0 unspecified atom stereocenters. The number of carbonyl (C=O) groups is 1. The summed E-state index contributed by atoms with van der Waals surface area (Å²) in [7, 11) is 1.98. The van der Waals surface area contributed by atoms with E-state index in [4.69, 9.17) is 9.97 Å². The molecule has 4 bridgehead atoms. The fourth-order valence-electron chi connectivity index (χ4n) is 10.3. The van der Waals surface area contributed by atoms with Gasteiger partial charge in [-0.3, -0.25) is 14.4 Å². The summed E-state index contributed by atoms with van der Waals surface area (Å²) in [6.07, 6.45) is 17.8. The van der Waals surface area contributed by atoms with Crippen LogP contribution in [0.5, 0.6) is 0 Å². The molecule has 4 aliphatic carbocycles. The van der Waals surface area contributed by atoms with Crippen molar-refractivity contribution in [2.75, 3.05) is 11.9 Å². The molecule has 4 heterocycles. The van der Waals surface area contributed by atoms with Crippen LogP contribution in [0.3, 0.4) is 0 Å². The average molecular weight is 656 g/mol. The molecule has 9 rings (SSSR count). The summed E-state index contributed by atoms with van der Waals surface area (Å²) in [5.41, 5.74) is 4.20. The third kappa shape index (κ3) is 5.72. The minimum Gasteiger partial charge on any atom is -0.481 e. The van der Waals surface area contributed by atoms with Crippen molar-refractivity contribution in [2.24, 2.45) is 17.9 Å². The first kappa shape index (κ1) is 31.9. The Balaban J connectivity index is 1.09. The van der Waals surface area contributed by atoms with Gasteiger partial charge in [-0.05, 0) is 99.7 Å². The van der Waals surface area contributed by atoms with Gasteiger partial charge in [0.1, 0.15) is 17.5 Å². The smallest absolute Gasteiger partial charge is 0.309 e. The molecule has 6 aliphatic rings. The zero-order valence-corrected chi connectivity index (χ0v) is 28.4. The second-order valence-corrected chi connectivity index (χ2v) is 15.7. The zero-order valence-electron chi connectivity index (χ0n) is 28.4. The maximum absolute atomic E-state index is 13.8. The van der Waals surface area contributed by atoms with E-state index in [9.17, 15) is 14.3 Å². The van der Waals surface area contributed by atoms with Crippen LogP contribution in [0.4, 0.5) is 10.2 Å². The summed E-state index contributed by atoms with van der Waals surface area (Å²) in [4.78, 5) is 25.0. The maximum atomic E-state index is 13.8. The number of rotatable bonds is 12. The fraction of sp³-hybridized carbons (Fsp3) is 0.632. The molecule has 10 heteroatoms. The van der Waals surface area contributed by atoms with Gasteiger partial charge in [-0.1, -0.05) is 31.9 Å². The van der Waals surface area contributed by atoms with Gasteiger partial charge >= 0.3 is 5.97 Å². The number of piperidine rings is 2. The molecule has 9 nitrogen and oxygen atoms in total. The first-order chi connectivity index (χ1) is 23.2. The highest BCUT2D eigenvalue weighted by molar-refractivity contribution is 5.79. The average Bonchev–Trinajstić information content (AvgIpc) is 3.47. The lowest BCUT2D eigenvalue weighted by atomic mass is 9.33. The number of aryl methyl sites for hydroxylation is 2. The number of halogens is 1. The number of carboxylic acids is 1. The Hall–Kier alpha value is -3.37. The van der Waals surface area contributed by atoms with E-state index in [1.54, 1.807) is 12.1 Å². The van der Waals surface area contributed by atoms with Crippen LogP contribution >= 0.6 is 0 Å². The monoisotopic (exact) mass is 655 g/mol. The summed E-state index contributed by atoms with van der Waals surface area (Å²) in [6.45, 7) is 3.66. The molecule has 3 saturated carbocycles. The molecule has 5 fully saturated rings. The van der Waals surface area contributed by atoms with Crippen molar-refractivity contribution >= 4 is 11.8 Å². The predicted molar refractivity (Wildman–Crippen MR) is 182 cm³/mol. The highest BCUT2D eigenvalue weighted by atomic mass is 19.1. The Kier molecular flexibility index (Phi) is 8.30. The van der Waals surface area contributed by atoms with E-state index in [-0.39, 0.29) is 29.2 Å². The van der Waals surface area contributed by atoms with E-state index in [0.29, 0.717) is 18.6 Å². The zero-order chi connectivity index (χ0) is 33.0. The minimum absolute atomic E-state index is 0.0299. The molecule has 3 atom stereocenters. The number of hydrogen-bond acceptors (Lipinski definition) is 7. The standard InChI is InChI=1S/C38H50FN7O2/c1-3-33(37-21-38(22-37,23-37)36(47)48)40-18-34-42-31-15-12-25(24-10-13-27(39)14-11-24)16-30(31)35(44-34)43-32(26-17-41-45(2)19-26)20-46-28-6-4-7-29(46)9-5-8-28/h10-11,13-14,17,19,25,28-29,32-33,40H,3-9,12,15-16,18,20-23H2,1-2H3,(H,47,48)(H,42,43,44)/t25-,28?,29?,32+,33-,37?,38?/m1/s1. The van der Waals surface area contributed by atoms with Crippen molar-refractivity contribution in [3.63, 3.8) is 0 Å². The van der Waals surface area contributed by atoms with Crippen molar-refractivity contribution in [3.8, 4) is 0 Å². The van der Waals surface area contributed by atoms with Crippen molar-refractivity contribution in [1.82, 2.24) is 30.0 Å². The molecular weight excluding hydrogens is 605 g/mol. The molecule has 2 aromatic heterocycles. The van der Waals surface area contributed by atoms with E-state index in [1.165, 1.54) is 49.7 Å². The first-order valence-corrected chi connectivity index (χ1v) is 18.4. The highest BCUT2D eigenvalue weighted by Crippen LogP contribution is 2.75. The number of nitrogens with one attached hydrogen (secondary N) is 2. The predicted octanol–water partition coefficient (Wildman–Crippen LogP) is 6.31. The molecule has 0 radical (unpaired) electrons. The van der Waals surface area contributed by atoms with Gasteiger partial charge in [-0.2, -0.15) is 5.10 Å². The molecule has 2 aliphatic heterocycles. The van der Waals surface area contributed by atoms with Crippen molar-refractivity contribution in [2.45, 2.75) is 127 Å². The minimum atomic E-state index is -0.636. The third-order valence-electron chi connectivity index (χ3n) is 12.8. The van der Waals surface area contributed by atoms with Crippen LogP contribution < -0.4 is 10.6 Å². The van der Waals surface area contributed by atoms with E-state index in [0.717, 1.165) is 74.4 Å². The van der Waals surface area contributed by atoms with Gasteiger partial charge in [-0.15, -0.1) is 0 Å². The van der Waals surface area contributed by atoms with Gasteiger partial charge in [0.05, 0.1) is 24.2 Å². The lowest BCUT2D eigenvalue weighted by Crippen LogP contribution is -2.71. The van der Waals surface area contributed by atoms with Crippen LogP contribution in [0.1, 0.15) is 118 Å². The number of hydrogen-bond donors (Lipinski definition) is 3. The number of aromatic nitrogens is 4.